The highest BCUT2D eigenvalue weighted by molar-refractivity contribution is 5.75. The molecule has 1 atom stereocenters. The van der Waals surface area contributed by atoms with Gasteiger partial charge in [0.05, 0.1) is 6.61 Å². The molecule has 0 heterocycles. The maximum Gasteiger partial charge on any atom is 0.324 e. The van der Waals surface area contributed by atoms with Crippen LogP contribution in [0.4, 0.5) is 0 Å². The lowest BCUT2D eigenvalue weighted by Crippen LogP contribution is -2.41. The van der Waals surface area contributed by atoms with E-state index in [1.807, 2.05) is 6.92 Å². The van der Waals surface area contributed by atoms with Crippen molar-refractivity contribution in [3.05, 3.63) is 0 Å². The van der Waals surface area contributed by atoms with Crippen molar-refractivity contribution in [1.82, 2.24) is 5.01 Å². The summed E-state index contributed by atoms with van der Waals surface area (Å²) in [6.07, 6.45) is 0.840. The Bertz CT molecular complexity index is 126. The summed E-state index contributed by atoms with van der Waals surface area (Å²) in [6.45, 7) is 4.12. The zero-order valence-electron chi connectivity index (χ0n) is 7.33. The van der Waals surface area contributed by atoms with Gasteiger partial charge in [-0.25, -0.2) is 5.01 Å². The first-order valence-corrected chi connectivity index (χ1v) is 3.73. The Labute approximate surface area is 67.3 Å². The van der Waals surface area contributed by atoms with E-state index < -0.39 is 0 Å². The molecule has 0 fully saturated rings. The number of nitrogens with zero attached hydrogens (tertiary/aromatic N) is 1. The lowest BCUT2D eigenvalue weighted by molar-refractivity contribution is -0.148. The molecule has 2 N–H and O–H groups in total. The minimum Gasteiger partial charge on any atom is -0.465 e. The third-order valence-corrected chi connectivity index (χ3v) is 1.40. The molecule has 0 aliphatic heterocycles. The van der Waals surface area contributed by atoms with Gasteiger partial charge in [0.15, 0.2) is 0 Å². The molecular weight excluding hydrogens is 144 g/mol. The van der Waals surface area contributed by atoms with Gasteiger partial charge < -0.3 is 4.74 Å². The van der Waals surface area contributed by atoms with E-state index in [2.05, 4.69) is 0 Å². The van der Waals surface area contributed by atoms with Crippen molar-refractivity contribution in [3.8, 4) is 0 Å². The quantitative estimate of drug-likeness (QED) is 0.361. The summed E-state index contributed by atoms with van der Waals surface area (Å²) < 4.78 is 4.85. The number of nitrogens with two attached hydrogens (primary N) is 1. The molecule has 0 aromatic rings. The zero-order valence-corrected chi connectivity index (χ0v) is 7.33. The maximum absolute atomic E-state index is 11.0. The molecule has 0 bridgehead atoms. The number of hydrazine groups is 1. The summed E-state index contributed by atoms with van der Waals surface area (Å²) in [5.74, 6) is 5.07. The lowest BCUT2D eigenvalue weighted by atomic mass is 10.3. The number of carbonyl (C=O) groups is 1. The standard InChI is InChI=1S/C7H16N2O2/c1-4-5-11-7(10)6(2)9(3)8/h6H,4-5,8H2,1-3H3. The number of rotatable bonds is 4. The summed E-state index contributed by atoms with van der Waals surface area (Å²) >= 11 is 0. The van der Waals surface area contributed by atoms with E-state index in [0.717, 1.165) is 6.42 Å². The first kappa shape index (κ1) is 10.4. The van der Waals surface area contributed by atoms with Crippen molar-refractivity contribution in [2.75, 3.05) is 13.7 Å². The number of ether oxygens (including phenoxy) is 1. The molecular formula is C7H16N2O2. The van der Waals surface area contributed by atoms with E-state index >= 15 is 0 Å². The summed E-state index contributed by atoms with van der Waals surface area (Å²) in [4.78, 5) is 11.0. The highest BCUT2D eigenvalue weighted by atomic mass is 16.5. The van der Waals surface area contributed by atoms with Gasteiger partial charge in [-0.1, -0.05) is 6.92 Å². The van der Waals surface area contributed by atoms with Crippen LogP contribution < -0.4 is 5.84 Å². The normalized spacial score (nSPS) is 13.2. The fourth-order valence-corrected chi connectivity index (χ4v) is 0.490. The first-order chi connectivity index (χ1) is 5.09. The van der Waals surface area contributed by atoms with Gasteiger partial charge in [-0.3, -0.25) is 10.6 Å². The highest BCUT2D eigenvalue weighted by Gasteiger charge is 2.15. The maximum atomic E-state index is 11.0. The molecule has 0 aromatic heterocycles. The van der Waals surface area contributed by atoms with Crippen LogP contribution in [-0.2, 0) is 9.53 Å². The SMILES string of the molecule is CCCOC(=O)C(C)N(C)N. The van der Waals surface area contributed by atoms with Crippen molar-refractivity contribution in [3.63, 3.8) is 0 Å². The van der Waals surface area contributed by atoms with Gasteiger partial charge in [0.1, 0.15) is 6.04 Å². The van der Waals surface area contributed by atoms with Gasteiger partial charge in [-0.15, -0.1) is 0 Å². The van der Waals surface area contributed by atoms with E-state index in [0.29, 0.717) is 6.61 Å². The highest BCUT2D eigenvalue weighted by Crippen LogP contribution is 1.93. The Morgan fingerprint density at radius 3 is 2.64 bits per heavy atom. The van der Waals surface area contributed by atoms with Crippen molar-refractivity contribution in [2.24, 2.45) is 5.84 Å². The summed E-state index contributed by atoms with van der Waals surface area (Å²) in [5, 5.41) is 1.33. The molecule has 0 aliphatic carbocycles. The van der Waals surface area contributed by atoms with Gasteiger partial charge in [-0.05, 0) is 13.3 Å². The second kappa shape index (κ2) is 5.09. The number of hydrogen-bond donors (Lipinski definition) is 1. The third-order valence-electron chi connectivity index (χ3n) is 1.40. The molecule has 0 saturated heterocycles. The first-order valence-electron chi connectivity index (χ1n) is 3.73. The Morgan fingerprint density at radius 1 is 1.73 bits per heavy atom. The van der Waals surface area contributed by atoms with E-state index in [9.17, 15) is 4.79 Å². The minimum absolute atomic E-state index is 0.267. The Balaban J connectivity index is 3.64. The van der Waals surface area contributed by atoms with Gasteiger partial charge in [-0.2, -0.15) is 0 Å². The van der Waals surface area contributed by atoms with Crippen LogP contribution in [0.1, 0.15) is 20.3 Å². The molecule has 0 spiro atoms. The molecule has 0 radical (unpaired) electrons. The second-order valence-corrected chi connectivity index (χ2v) is 2.51. The average Bonchev–Trinajstić information content (AvgIpc) is 1.98. The van der Waals surface area contributed by atoms with Crippen molar-refractivity contribution >= 4 is 5.97 Å². The smallest absolute Gasteiger partial charge is 0.324 e. The van der Waals surface area contributed by atoms with Gasteiger partial charge in [0.2, 0.25) is 0 Å². The van der Waals surface area contributed by atoms with Crippen LogP contribution in [0.3, 0.4) is 0 Å². The molecule has 0 rings (SSSR count). The fraction of sp³-hybridized carbons (Fsp3) is 0.857. The number of hydrogen-bond acceptors (Lipinski definition) is 4. The van der Waals surface area contributed by atoms with Crippen LogP contribution >= 0.6 is 0 Å². The van der Waals surface area contributed by atoms with E-state index in [1.54, 1.807) is 14.0 Å². The molecule has 0 aromatic carbocycles. The van der Waals surface area contributed by atoms with Crippen LogP contribution in [0, 0.1) is 0 Å². The predicted molar refractivity (Wildman–Crippen MR) is 42.7 cm³/mol. The van der Waals surface area contributed by atoms with Gasteiger partial charge in [0.25, 0.3) is 0 Å². The third kappa shape index (κ3) is 3.95. The van der Waals surface area contributed by atoms with E-state index in [4.69, 9.17) is 10.6 Å². The predicted octanol–water partition coefficient (Wildman–Crippen LogP) is 0.134. The topological polar surface area (TPSA) is 55.6 Å². The van der Waals surface area contributed by atoms with Crippen LogP contribution in [0.5, 0.6) is 0 Å². The summed E-state index contributed by atoms with van der Waals surface area (Å²) in [5.41, 5.74) is 0. The lowest BCUT2D eigenvalue weighted by Gasteiger charge is -2.17. The largest absolute Gasteiger partial charge is 0.465 e. The fourth-order valence-electron chi connectivity index (χ4n) is 0.490. The van der Waals surface area contributed by atoms with Crippen LogP contribution in [0.2, 0.25) is 0 Å². The molecule has 1 unspecified atom stereocenters. The van der Waals surface area contributed by atoms with E-state index in [1.165, 1.54) is 5.01 Å². The van der Waals surface area contributed by atoms with Gasteiger partial charge >= 0.3 is 5.97 Å². The molecule has 0 saturated carbocycles. The van der Waals surface area contributed by atoms with Crippen molar-refractivity contribution < 1.29 is 9.53 Å². The van der Waals surface area contributed by atoms with Crippen LogP contribution in [0.25, 0.3) is 0 Å². The summed E-state index contributed by atoms with van der Waals surface area (Å²) in [6, 6.07) is -0.360. The number of esters is 1. The number of likely N-dealkylation sites (N-methyl/N-ethyl adjacent to an activating group) is 1. The average molecular weight is 160 g/mol. The number of carbonyl (C=O) groups excluding carboxylic acids is 1. The molecule has 4 heteroatoms. The van der Waals surface area contributed by atoms with Crippen LogP contribution in [-0.4, -0.2) is 30.7 Å². The molecule has 4 nitrogen and oxygen atoms in total. The Morgan fingerprint density at radius 2 is 2.27 bits per heavy atom. The summed E-state index contributed by atoms with van der Waals surface area (Å²) in [7, 11) is 1.64. The van der Waals surface area contributed by atoms with Crippen LogP contribution in [0.15, 0.2) is 0 Å². The van der Waals surface area contributed by atoms with Gasteiger partial charge in [0, 0.05) is 7.05 Å². The zero-order chi connectivity index (χ0) is 8.85. The Hall–Kier alpha value is -0.610. The monoisotopic (exact) mass is 160 g/mol. The van der Waals surface area contributed by atoms with Crippen molar-refractivity contribution in [1.29, 1.82) is 0 Å². The molecule has 0 amide bonds. The minimum atomic E-state index is -0.360. The van der Waals surface area contributed by atoms with Crippen molar-refractivity contribution in [2.45, 2.75) is 26.3 Å². The molecule has 66 valence electrons. The molecule has 11 heavy (non-hydrogen) atoms. The Kier molecular flexibility index (Phi) is 4.81. The second-order valence-electron chi connectivity index (χ2n) is 2.51. The van der Waals surface area contributed by atoms with E-state index in [-0.39, 0.29) is 12.0 Å². The molecule has 0 aliphatic rings.